The number of benzene rings is 2. The average Bonchev–Trinajstić information content (AvgIpc) is 2.72. The SMILES string of the molecule is CCOc1ccc(NC(=O)c2ccnc(C(=O)Nc3ccc(C)c(C)c3)c2)cc1. The molecule has 2 aromatic carbocycles. The smallest absolute Gasteiger partial charge is 0.274 e. The van der Waals surface area contributed by atoms with Crippen LogP contribution < -0.4 is 15.4 Å². The van der Waals surface area contributed by atoms with Crippen molar-refractivity contribution in [2.24, 2.45) is 0 Å². The van der Waals surface area contributed by atoms with E-state index < -0.39 is 0 Å². The molecule has 0 saturated carbocycles. The molecule has 6 heteroatoms. The van der Waals surface area contributed by atoms with E-state index in [2.05, 4.69) is 15.6 Å². The van der Waals surface area contributed by atoms with Crippen LogP contribution in [0.2, 0.25) is 0 Å². The topological polar surface area (TPSA) is 80.3 Å². The number of nitrogens with one attached hydrogen (secondary N) is 2. The Kier molecular flexibility index (Phi) is 6.24. The van der Waals surface area contributed by atoms with Gasteiger partial charge in [0.2, 0.25) is 0 Å². The molecule has 1 aromatic heterocycles. The first-order chi connectivity index (χ1) is 14.0. The summed E-state index contributed by atoms with van der Waals surface area (Å²) in [5.74, 6) is 0.0421. The summed E-state index contributed by atoms with van der Waals surface area (Å²) < 4.78 is 5.39. The molecule has 0 radical (unpaired) electrons. The Bertz CT molecular complexity index is 1030. The Morgan fingerprint density at radius 3 is 2.24 bits per heavy atom. The zero-order valence-corrected chi connectivity index (χ0v) is 16.7. The maximum absolute atomic E-state index is 12.5. The van der Waals surface area contributed by atoms with Crippen molar-refractivity contribution in [3.05, 3.63) is 83.2 Å². The van der Waals surface area contributed by atoms with Crippen molar-refractivity contribution >= 4 is 23.2 Å². The van der Waals surface area contributed by atoms with Crippen LogP contribution in [0.1, 0.15) is 38.9 Å². The number of hydrogen-bond acceptors (Lipinski definition) is 4. The molecule has 0 unspecified atom stereocenters. The molecule has 0 aliphatic carbocycles. The van der Waals surface area contributed by atoms with Crippen molar-refractivity contribution in [2.75, 3.05) is 17.2 Å². The van der Waals surface area contributed by atoms with Crippen LogP contribution in [-0.2, 0) is 0 Å². The highest BCUT2D eigenvalue weighted by Crippen LogP contribution is 2.17. The summed E-state index contributed by atoms with van der Waals surface area (Å²) in [6, 6.07) is 15.8. The van der Waals surface area contributed by atoms with Crippen molar-refractivity contribution in [2.45, 2.75) is 20.8 Å². The molecule has 6 nitrogen and oxygen atoms in total. The lowest BCUT2D eigenvalue weighted by Crippen LogP contribution is -2.17. The maximum Gasteiger partial charge on any atom is 0.274 e. The number of aromatic nitrogens is 1. The predicted octanol–water partition coefficient (Wildman–Crippen LogP) is 4.60. The van der Waals surface area contributed by atoms with Crippen LogP contribution in [0.25, 0.3) is 0 Å². The molecule has 3 aromatic rings. The molecule has 0 saturated heterocycles. The number of anilines is 2. The lowest BCUT2D eigenvalue weighted by Gasteiger charge is -2.09. The minimum absolute atomic E-state index is 0.169. The van der Waals surface area contributed by atoms with Crippen LogP contribution in [0, 0.1) is 13.8 Å². The van der Waals surface area contributed by atoms with E-state index in [-0.39, 0.29) is 17.5 Å². The monoisotopic (exact) mass is 389 g/mol. The molecule has 0 aliphatic heterocycles. The predicted molar refractivity (Wildman–Crippen MR) is 114 cm³/mol. The minimum atomic E-state index is -0.371. The first kappa shape index (κ1) is 20.1. The van der Waals surface area contributed by atoms with Gasteiger partial charge in [0.05, 0.1) is 6.61 Å². The van der Waals surface area contributed by atoms with E-state index in [1.54, 1.807) is 30.3 Å². The van der Waals surface area contributed by atoms with Gasteiger partial charge in [-0.3, -0.25) is 14.6 Å². The second kappa shape index (κ2) is 9.01. The second-order valence-electron chi connectivity index (χ2n) is 6.59. The lowest BCUT2D eigenvalue weighted by atomic mass is 10.1. The maximum atomic E-state index is 12.5. The fourth-order valence-electron chi connectivity index (χ4n) is 2.71. The number of rotatable bonds is 6. The second-order valence-corrected chi connectivity index (χ2v) is 6.59. The average molecular weight is 389 g/mol. The molecule has 3 rings (SSSR count). The van der Waals surface area contributed by atoms with E-state index in [0.717, 1.165) is 16.9 Å². The summed E-state index contributed by atoms with van der Waals surface area (Å²) in [6.07, 6.45) is 1.45. The Morgan fingerprint density at radius 1 is 0.862 bits per heavy atom. The number of aryl methyl sites for hydroxylation is 2. The molecular weight excluding hydrogens is 366 g/mol. The quantitative estimate of drug-likeness (QED) is 0.646. The molecule has 2 amide bonds. The van der Waals surface area contributed by atoms with Crippen molar-refractivity contribution in [1.82, 2.24) is 4.98 Å². The van der Waals surface area contributed by atoms with E-state index in [1.165, 1.54) is 12.3 Å². The van der Waals surface area contributed by atoms with Crippen LogP contribution in [0.5, 0.6) is 5.75 Å². The largest absolute Gasteiger partial charge is 0.494 e. The molecule has 1 heterocycles. The van der Waals surface area contributed by atoms with Gasteiger partial charge in [-0.25, -0.2) is 0 Å². The van der Waals surface area contributed by atoms with Crippen molar-refractivity contribution in [3.8, 4) is 5.75 Å². The third-order valence-electron chi connectivity index (χ3n) is 4.44. The summed E-state index contributed by atoms with van der Waals surface area (Å²) in [6.45, 7) is 6.48. The van der Waals surface area contributed by atoms with Crippen LogP contribution in [0.15, 0.2) is 60.8 Å². The highest BCUT2D eigenvalue weighted by Gasteiger charge is 2.13. The molecule has 2 N–H and O–H groups in total. The zero-order valence-electron chi connectivity index (χ0n) is 16.7. The van der Waals surface area contributed by atoms with Crippen molar-refractivity contribution in [1.29, 1.82) is 0 Å². The van der Waals surface area contributed by atoms with E-state index in [4.69, 9.17) is 4.74 Å². The number of amides is 2. The summed E-state index contributed by atoms with van der Waals surface area (Å²) in [7, 11) is 0. The number of carbonyl (C=O) groups excluding carboxylic acids is 2. The summed E-state index contributed by atoms with van der Waals surface area (Å²) in [5, 5.41) is 5.62. The highest BCUT2D eigenvalue weighted by molar-refractivity contribution is 6.07. The lowest BCUT2D eigenvalue weighted by molar-refractivity contribution is 0.102. The van der Waals surface area contributed by atoms with Gasteiger partial charge in [0.15, 0.2) is 0 Å². The van der Waals surface area contributed by atoms with Crippen LogP contribution in [0.4, 0.5) is 11.4 Å². The van der Waals surface area contributed by atoms with E-state index in [9.17, 15) is 9.59 Å². The fourth-order valence-corrected chi connectivity index (χ4v) is 2.71. The molecule has 0 bridgehead atoms. The summed E-state index contributed by atoms with van der Waals surface area (Å²) >= 11 is 0. The molecular formula is C23H23N3O3. The number of ether oxygens (including phenoxy) is 1. The Labute approximate surface area is 169 Å². The van der Waals surface area contributed by atoms with Gasteiger partial charge in [-0.1, -0.05) is 6.07 Å². The van der Waals surface area contributed by atoms with Gasteiger partial charge in [0, 0.05) is 23.1 Å². The van der Waals surface area contributed by atoms with Gasteiger partial charge >= 0.3 is 0 Å². The standard InChI is InChI=1S/C23H23N3O3/c1-4-29-20-9-7-18(8-10-20)25-22(27)17-11-12-24-21(14-17)23(28)26-19-6-5-15(2)16(3)13-19/h5-14H,4H2,1-3H3,(H,25,27)(H,26,28). The zero-order chi connectivity index (χ0) is 20.8. The Hall–Kier alpha value is -3.67. The van der Waals surface area contributed by atoms with Gasteiger partial charge < -0.3 is 15.4 Å². The Morgan fingerprint density at radius 2 is 1.55 bits per heavy atom. The molecule has 0 aliphatic rings. The third-order valence-corrected chi connectivity index (χ3v) is 4.44. The van der Waals surface area contributed by atoms with Crippen molar-refractivity contribution in [3.63, 3.8) is 0 Å². The van der Waals surface area contributed by atoms with Gasteiger partial charge in [-0.2, -0.15) is 0 Å². The molecule has 0 atom stereocenters. The van der Waals surface area contributed by atoms with Crippen LogP contribution in [-0.4, -0.2) is 23.4 Å². The number of hydrogen-bond donors (Lipinski definition) is 2. The molecule has 148 valence electrons. The number of carbonyl (C=O) groups is 2. The van der Waals surface area contributed by atoms with Gasteiger partial charge in [0.25, 0.3) is 11.8 Å². The van der Waals surface area contributed by atoms with Crippen molar-refractivity contribution < 1.29 is 14.3 Å². The normalized spacial score (nSPS) is 10.3. The Balaban J connectivity index is 1.69. The first-order valence-corrected chi connectivity index (χ1v) is 9.35. The van der Waals surface area contributed by atoms with E-state index >= 15 is 0 Å². The molecule has 29 heavy (non-hydrogen) atoms. The van der Waals surface area contributed by atoms with Gasteiger partial charge in [-0.15, -0.1) is 0 Å². The van der Waals surface area contributed by atoms with E-state index in [0.29, 0.717) is 23.5 Å². The molecule has 0 fully saturated rings. The van der Waals surface area contributed by atoms with Gasteiger partial charge in [-0.05, 0) is 80.4 Å². The van der Waals surface area contributed by atoms with Gasteiger partial charge in [0.1, 0.15) is 11.4 Å². The fraction of sp³-hybridized carbons (Fsp3) is 0.174. The third kappa shape index (κ3) is 5.19. The van der Waals surface area contributed by atoms with Crippen LogP contribution in [0.3, 0.4) is 0 Å². The minimum Gasteiger partial charge on any atom is -0.494 e. The summed E-state index contributed by atoms with van der Waals surface area (Å²) in [4.78, 5) is 29.1. The summed E-state index contributed by atoms with van der Waals surface area (Å²) in [5.41, 5.74) is 4.07. The number of nitrogens with zero attached hydrogens (tertiary/aromatic N) is 1. The first-order valence-electron chi connectivity index (χ1n) is 9.35. The molecule has 0 spiro atoms. The van der Waals surface area contributed by atoms with Crippen LogP contribution >= 0.6 is 0 Å². The number of pyridine rings is 1. The van der Waals surface area contributed by atoms with E-state index in [1.807, 2.05) is 39.0 Å². The highest BCUT2D eigenvalue weighted by atomic mass is 16.5.